The second-order valence-electron chi connectivity index (χ2n) is 2.49. The van der Waals surface area contributed by atoms with Gasteiger partial charge in [0.15, 0.2) is 12.1 Å². The number of carbonyl (C=O) groups excluding carboxylic acids is 2. The molecule has 2 aliphatic rings. The molecule has 1 aliphatic carbocycles. The number of carbonyl (C=O) groups is 2. The third kappa shape index (κ3) is 0.871. The topological polar surface area (TPSA) is 46.5 Å². The van der Waals surface area contributed by atoms with Gasteiger partial charge in [-0.05, 0) is 18.2 Å². The predicted octanol–water partition coefficient (Wildman–Crippen LogP) is 0.589. The molecule has 0 unspecified atom stereocenters. The third-order valence-corrected chi connectivity index (χ3v) is 1.71. The van der Waals surface area contributed by atoms with Gasteiger partial charge in [0.1, 0.15) is 5.71 Å². The van der Waals surface area contributed by atoms with Gasteiger partial charge in [0.2, 0.25) is 0 Å². The fourth-order valence-electron chi connectivity index (χ4n) is 1.15. The SMILES string of the molecule is O=CC1=NC2=CC=CC(=O)C2=C1. The minimum absolute atomic E-state index is 0.0897. The first kappa shape index (κ1) is 6.91. The maximum absolute atomic E-state index is 11.2. The van der Waals surface area contributed by atoms with Crippen LogP contribution in [0.1, 0.15) is 0 Å². The molecule has 0 spiro atoms. The number of nitrogens with zero attached hydrogens (tertiary/aromatic N) is 1. The van der Waals surface area contributed by atoms with Gasteiger partial charge in [-0.15, -0.1) is 0 Å². The second-order valence-corrected chi connectivity index (χ2v) is 2.49. The lowest BCUT2D eigenvalue weighted by Gasteiger charge is -2.00. The highest BCUT2D eigenvalue weighted by Crippen LogP contribution is 2.22. The Labute approximate surface area is 68.8 Å². The molecular weight excluding hydrogens is 154 g/mol. The van der Waals surface area contributed by atoms with Crippen LogP contribution in [0.3, 0.4) is 0 Å². The summed E-state index contributed by atoms with van der Waals surface area (Å²) in [6, 6.07) is 0. The molecule has 58 valence electrons. The summed E-state index contributed by atoms with van der Waals surface area (Å²) in [5, 5.41) is 0. The van der Waals surface area contributed by atoms with E-state index in [1.807, 2.05) is 0 Å². The Kier molecular flexibility index (Phi) is 1.37. The van der Waals surface area contributed by atoms with Crippen molar-refractivity contribution >= 4 is 17.8 Å². The highest BCUT2D eigenvalue weighted by atomic mass is 16.1. The van der Waals surface area contributed by atoms with Crippen molar-refractivity contribution in [2.24, 2.45) is 4.99 Å². The Morgan fingerprint density at radius 1 is 1.42 bits per heavy atom. The Morgan fingerprint density at radius 3 is 2.92 bits per heavy atom. The molecule has 0 aromatic carbocycles. The Balaban J connectivity index is 2.50. The number of hydrogen-bond acceptors (Lipinski definition) is 3. The van der Waals surface area contributed by atoms with Crippen molar-refractivity contribution in [1.82, 2.24) is 0 Å². The van der Waals surface area contributed by atoms with Crippen molar-refractivity contribution in [3.8, 4) is 0 Å². The fourth-order valence-corrected chi connectivity index (χ4v) is 1.15. The van der Waals surface area contributed by atoms with Crippen molar-refractivity contribution in [1.29, 1.82) is 0 Å². The van der Waals surface area contributed by atoms with Crippen molar-refractivity contribution in [3.63, 3.8) is 0 Å². The van der Waals surface area contributed by atoms with Crippen LogP contribution in [0.4, 0.5) is 0 Å². The molecule has 0 aromatic rings. The molecule has 0 amide bonds. The molecule has 3 heteroatoms. The minimum atomic E-state index is -0.0897. The zero-order valence-corrected chi connectivity index (χ0v) is 6.15. The van der Waals surface area contributed by atoms with Gasteiger partial charge in [-0.1, -0.05) is 6.08 Å². The number of allylic oxidation sites excluding steroid dienone is 5. The van der Waals surface area contributed by atoms with Gasteiger partial charge in [-0.3, -0.25) is 9.59 Å². The van der Waals surface area contributed by atoms with E-state index in [1.165, 1.54) is 12.2 Å². The van der Waals surface area contributed by atoms with Gasteiger partial charge in [0.05, 0.1) is 5.70 Å². The molecule has 1 heterocycles. The van der Waals surface area contributed by atoms with E-state index in [-0.39, 0.29) is 5.78 Å². The summed E-state index contributed by atoms with van der Waals surface area (Å²) >= 11 is 0. The smallest absolute Gasteiger partial charge is 0.188 e. The van der Waals surface area contributed by atoms with Crippen molar-refractivity contribution < 1.29 is 9.59 Å². The van der Waals surface area contributed by atoms with Crippen LogP contribution in [0.25, 0.3) is 0 Å². The largest absolute Gasteiger partial charge is 0.296 e. The van der Waals surface area contributed by atoms with Crippen LogP contribution < -0.4 is 0 Å². The molecule has 0 saturated heterocycles. The first-order valence-corrected chi connectivity index (χ1v) is 3.50. The lowest BCUT2D eigenvalue weighted by atomic mass is 10.0. The van der Waals surface area contributed by atoms with Crippen LogP contribution in [-0.4, -0.2) is 17.8 Å². The van der Waals surface area contributed by atoms with Crippen molar-refractivity contribution in [3.05, 3.63) is 35.6 Å². The average molecular weight is 159 g/mol. The number of aldehydes is 1. The lowest BCUT2D eigenvalue weighted by molar-refractivity contribution is -0.111. The van der Waals surface area contributed by atoms with Crippen LogP contribution in [0.5, 0.6) is 0 Å². The van der Waals surface area contributed by atoms with Crippen LogP contribution in [-0.2, 0) is 9.59 Å². The van der Waals surface area contributed by atoms with Gasteiger partial charge in [0.25, 0.3) is 0 Å². The standard InChI is InChI=1S/C9H5NO2/c11-5-6-4-7-8(10-6)2-1-3-9(7)12/h1-5H. The van der Waals surface area contributed by atoms with E-state index < -0.39 is 0 Å². The van der Waals surface area contributed by atoms with E-state index >= 15 is 0 Å². The van der Waals surface area contributed by atoms with Crippen LogP contribution in [0.2, 0.25) is 0 Å². The molecule has 0 atom stereocenters. The summed E-state index contributed by atoms with van der Waals surface area (Å²) in [5.41, 5.74) is 1.41. The molecule has 3 nitrogen and oxygen atoms in total. The monoisotopic (exact) mass is 159 g/mol. The van der Waals surface area contributed by atoms with E-state index in [9.17, 15) is 9.59 Å². The summed E-state index contributed by atoms with van der Waals surface area (Å²) in [7, 11) is 0. The normalized spacial score (nSPS) is 19.7. The van der Waals surface area contributed by atoms with Crippen molar-refractivity contribution in [2.45, 2.75) is 0 Å². The summed E-state index contributed by atoms with van der Waals surface area (Å²) in [6.45, 7) is 0. The summed E-state index contributed by atoms with van der Waals surface area (Å²) < 4.78 is 0. The zero-order valence-electron chi connectivity index (χ0n) is 6.15. The van der Waals surface area contributed by atoms with E-state index in [0.717, 1.165) is 0 Å². The third-order valence-electron chi connectivity index (χ3n) is 1.71. The molecule has 0 N–H and O–H groups in total. The Hall–Kier alpha value is -1.77. The molecule has 12 heavy (non-hydrogen) atoms. The Bertz CT molecular complexity index is 381. The van der Waals surface area contributed by atoms with Crippen LogP contribution in [0, 0.1) is 0 Å². The van der Waals surface area contributed by atoms with Gasteiger partial charge >= 0.3 is 0 Å². The van der Waals surface area contributed by atoms with E-state index in [0.29, 0.717) is 23.3 Å². The quantitative estimate of drug-likeness (QED) is 0.525. The van der Waals surface area contributed by atoms with Gasteiger partial charge in [-0.2, -0.15) is 0 Å². The van der Waals surface area contributed by atoms with Gasteiger partial charge < -0.3 is 0 Å². The highest BCUT2D eigenvalue weighted by molar-refractivity contribution is 6.37. The zero-order chi connectivity index (χ0) is 8.55. The summed E-state index contributed by atoms with van der Waals surface area (Å²) in [5.74, 6) is -0.0897. The second kappa shape index (κ2) is 2.37. The fraction of sp³-hybridized carbons (Fsp3) is 0. The first-order chi connectivity index (χ1) is 5.81. The van der Waals surface area contributed by atoms with Gasteiger partial charge in [-0.25, -0.2) is 4.99 Å². The Morgan fingerprint density at radius 2 is 2.25 bits per heavy atom. The highest BCUT2D eigenvalue weighted by Gasteiger charge is 2.20. The molecule has 0 radical (unpaired) electrons. The average Bonchev–Trinajstić information content (AvgIpc) is 2.49. The molecule has 1 aliphatic heterocycles. The maximum atomic E-state index is 11.2. The molecule has 0 aromatic heterocycles. The van der Waals surface area contributed by atoms with Crippen LogP contribution in [0.15, 0.2) is 40.6 Å². The predicted molar refractivity (Wildman–Crippen MR) is 43.8 cm³/mol. The number of aliphatic imine (C=N–C) groups is 1. The van der Waals surface area contributed by atoms with Crippen LogP contribution >= 0.6 is 0 Å². The van der Waals surface area contributed by atoms with E-state index in [4.69, 9.17) is 0 Å². The molecule has 0 saturated carbocycles. The number of hydrogen-bond donors (Lipinski definition) is 0. The van der Waals surface area contributed by atoms with Gasteiger partial charge in [0, 0.05) is 5.57 Å². The molecule has 0 fully saturated rings. The number of rotatable bonds is 1. The number of ketones is 1. The summed E-state index contributed by atoms with van der Waals surface area (Å²) in [6.07, 6.45) is 6.94. The van der Waals surface area contributed by atoms with E-state index in [2.05, 4.69) is 4.99 Å². The molecular formula is C9H5NO2. The van der Waals surface area contributed by atoms with Crippen molar-refractivity contribution in [2.75, 3.05) is 0 Å². The minimum Gasteiger partial charge on any atom is -0.296 e. The summed E-state index contributed by atoms with van der Waals surface area (Å²) in [4.78, 5) is 25.4. The molecule has 0 bridgehead atoms. The lowest BCUT2D eigenvalue weighted by Crippen LogP contribution is -2.01. The van der Waals surface area contributed by atoms with E-state index in [1.54, 1.807) is 12.2 Å². The molecule has 2 rings (SSSR count). The first-order valence-electron chi connectivity index (χ1n) is 3.50. The number of fused-ring (bicyclic) bond motifs is 1. The maximum Gasteiger partial charge on any atom is 0.188 e.